The van der Waals surface area contributed by atoms with Crippen LogP contribution in [0.5, 0.6) is 0 Å². The van der Waals surface area contributed by atoms with Crippen LogP contribution in [0.1, 0.15) is 17.9 Å². The molecule has 1 heterocycles. The van der Waals surface area contributed by atoms with Gasteiger partial charge in [-0.2, -0.15) is 0 Å². The van der Waals surface area contributed by atoms with E-state index in [0.29, 0.717) is 5.88 Å². The molecule has 0 aliphatic rings. The molecule has 0 amide bonds. The first-order valence-corrected chi connectivity index (χ1v) is 6.39. The minimum absolute atomic E-state index is 0.619. The molecule has 1 aromatic carbocycles. The third-order valence-corrected chi connectivity index (χ3v) is 3.21. The number of hydrogen-bond donors (Lipinski definition) is 0. The number of halogens is 2. The van der Waals surface area contributed by atoms with Crippen molar-refractivity contribution in [2.24, 2.45) is 0 Å². The largest absolute Gasteiger partial charge is 0.441 e. The topological polar surface area (TPSA) is 26.0 Å². The van der Waals surface area contributed by atoms with Gasteiger partial charge in [-0.3, -0.25) is 0 Å². The van der Waals surface area contributed by atoms with Gasteiger partial charge in [-0.25, -0.2) is 4.98 Å². The zero-order valence-corrected chi connectivity index (χ0v) is 11.1. The molecule has 4 heteroatoms. The minimum Gasteiger partial charge on any atom is -0.441 e. The van der Waals surface area contributed by atoms with Crippen LogP contribution in [0.2, 0.25) is 5.02 Å². The highest BCUT2D eigenvalue weighted by molar-refractivity contribution is 6.31. The van der Waals surface area contributed by atoms with Crippen molar-refractivity contribution in [3.63, 3.8) is 0 Å². The number of alkyl halides is 1. The highest BCUT2D eigenvalue weighted by Gasteiger charge is 2.07. The summed E-state index contributed by atoms with van der Waals surface area (Å²) < 4.78 is 5.64. The Morgan fingerprint density at radius 3 is 2.88 bits per heavy atom. The van der Waals surface area contributed by atoms with E-state index in [9.17, 15) is 0 Å². The lowest BCUT2D eigenvalue weighted by molar-refractivity contribution is 0.503. The Labute approximate surface area is 111 Å². The number of oxazole rings is 1. The fourth-order valence-corrected chi connectivity index (χ4v) is 1.84. The second-order valence-electron chi connectivity index (χ2n) is 3.87. The molecule has 2 rings (SSSR count). The van der Waals surface area contributed by atoms with Gasteiger partial charge in [-0.1, -0.05) is 23.7 Å². The van der Waals surface area contributed by atoms with E-state index >= 15 is 0 Å². The third-order valence-electron chi connectivity index (χ3n) is 2.53. The van der Waals surface area contributed by atoms with Crippen molar-refractivity contribution >= 4 is 23.2 Å². The van der Waals surface area contributed by atoms with Crippen LogP contribution in [0.3, 0.4) is 0 Å². The molecular weight excluding hydrogens is 257 g/mol. The third kappa shape index (κ3) is 3.02. The number of aromatic nitrogens is 1. The van der Waals surface area contributed by atoms with Crippen molar-refractivity contribution in [1.29, 1.82) is 0 Å². The molecule has 0 radical (unpaired) electrons. The summed E-state index contributed by atoms with van der Waals surface area (Å²) in [5, 5.41) is 0.737. The second kappa shape index (κ2) is 5.56. The summed E-state index contributed by atoms with van der Waals surface area (Å²) in [7, 11) is 0. The molecule has 0 saturated carbocycles. The van der Waals surface area contributed by atoms with Gasteiger partial charge < -0.3 is 4.42 Å². The molecule has 0 aliphatic heterocycles. The molecule has 0 aliphatic carbocycles. The molecule has 2 aromatic rings. The first-order chi connectivity index (χ1) is 8.20. The highest BCUT2D eigenvalue weighted by atomic mass is 35.5. The standard InChI is InChI=1S/C13H13Cl2NO/c1-9-4-5-10(7-11(9)15)12-8-16-13(17-12)3-2-6-14/h4-5,7-8H,2-3,6H2,1H3. The lowest BCUT2D eigenvalue weighted by Gasteiger charge is -2.00. The predicted molar refractivity (Wildman–Crippen MR) is 70.7 cm³/mol. The Balaban J connectivity index is 2.21. The van der Waals surface area contributed by atoms with Crippen LogP contribution in [0, 0.1) is 6.92 Å². The van der Waals surface area contributed by atoms with Crippen molar-refractivity contribution in [3.05, 3.63) is 40.9 Å². The number of nitrogens with zero attached hydrogens (tertiary/aromatic N) is 1. The Kier molecular flexibility index (Phi) is 4.08. The maximum atomic E-state index is 6.07. The van der Waals surface area contributed by atoms with Gasteiger partial charge in [0.1, 0.15) is 0 Å². The van der Waals surface area contributed by atoms with Gasteiger partial charge in [-0.15, -0.1) is 11.6 Å². The van der Waals surface area contributed by atoms with Gasteiger partial charge in [-0.05, 0) is 25.0 Å². The first kappa shape index (κ1) is 12.5. The van der Waals surface area contributed by atoms with Gasteiger partial charge in [0.15, 0.2) is 11.7 Å². The fraction of sp³-hybridized carbons (Fsp3) is 0.308. The van der Waals surface area contributed by atoms with Crippen molar-refractivity contribution in [2.75, 3.05) is 5.88 Å². The Hall–Kier alpha value is -0.990. The van der Waals surface area contributed by atoms with E-state index in [-0.39, 0.29) is 0 Å². The summed E-state index contributed by atoms with van der Waals surface area (Å²) >= 11 is 11.7. The molecule has 0 fully saturated rings. The van der Waals surface area contributed by atoms with Crippen LogP contribution < -0.4 is 0 Å². The second-order valence-corrected chi connectivity index (χ2v) is 4.66. The van der Waals surface area contributed by atoms with E-state index in [1.165, 1.54) is 0 Å². The zero-order valence-electron chi connectivity index (χ0n) is 9.54. The van der Waals surface area contributed by atoms with Gasteiger partial charge in [0.25, 0.3) is 0 Å². The fourth-order valence-electron chi connectivity index (χ4n) is 1.52. The molecule has 0 saturated heterocycles. The van der Waals surface area contributed by atoms with Gasteiger partial charge in [0, 0.05) is 22.9 Å². The Morgan fingerprint density at radius 2 is 2.18 bits per heavy atom. The zero-order chi connectivity index (χ0) is 12.3. The van der Waals surface area contributed by atoms with E-state index in [1.54, 1.807) is 6.20 Å². The molecular formula is C13H13Cl2NO. The Bertz CT molecular complexity index is 508. The van der Waals surface area contributed by atoms with Crippen LogP contribution in [-0.2, 0) is 6.42 Å². The molecule has 0 atom stereocenters. The summed E-state index contributed by atoms with van der Waals surface area (Å²) in [5.41, 5.74) is 2.00. The first-order valence-electron chi connectivity index (χ1n) is 5.48. The molecule has 0 spiro atoms. The SMILES string of the molecule is Cc1ccc(-c2cnc(CCCCl)o2)cc1Cl. The summed E-state index contributed by atoms with van der Waals surface area (Å²) in [6, 6.07) is 5.84. The minimum atomic E-state index is 0.619. The monoisotopic (exact) mass is 269 g/mol. The van der Waals surface area contributed by atoms with E-state index in [4.69, 9.17) is 27.6 Å². The maximum absolute atomic E-state index is 6.07. The number of hydrogen-bond acceptors (Lipinski definition) is 2. The molecule has 1 aromatic heterocycles. The summed E-state index contributed by atoms with van der Waals surface area (Å²) in [6.45, 7) is 1.97. The summed E-state index contributed by atoms with van der Waals surface area (Å²) in [5.74, 6) is 2.09. The van der Waals surface area contributed by atoms with Gasteiger partial charge >= 0.3 is 0 Å². The van der Waals surface area contributed by atoms with E-state index in [0.717, 1.165) is 40.6 Å². The normalized spacial score (nSPS) is 10.8. The molecule has 90 valence electrons. The molecule has 17 heavy (non-hydrogen) atoms. The number of aryl methyl sites for hydroxylation is 2. The summed E-state index contributed by atoms with van der Waals surface area (Å²) in [4.78, 5) is 4.21. The van der Waals surface area contributed by atoms with E-state index in [1.807, 2.05) is 25.1 Å². The highest BCUT2D eigenvalue weighted by Crippen LogP contribution is 2.26. The average Bonchev–Trinajstić information content (AvgIpc) is 2.79. The van der Waals surface area contributed by atoms with Crippen molar-refractivity contribution in [1.82, 2.24) is 4.98 Å². The van der Waals surface area contributed by atoms with Crippen molar-refractivity contribution in [2.45, 2.75) is 19.8 Å². The Morgan fingerprint density at radius 1 is 1.35 bits per heavy atom. The van der Waals surface area contributed by atoms with E-state index < -0.39 is 0 Å². The smallest absolute Gasteiger partial charge is 0.194 e. The quantitative estimate of drug-likeness (QED) is 0.766. The lowest BCUT2D eigenvalue weighted by Crippen LogP contribution is -1.84. The van der Waals surface area contributed by atoms with Crippen LogP contribution in [0.15, 0.2) is 28.8 Å². The number of rotatable bonds is 4. The summed E-state index contributed by atoms with van der Waals surface area (Å²) in [6.07, 6.45) is 3.36. The molecule has 0 unspecified atom stereocenters. The molecule has 0 N–H and O–H groups in total. The van der Waals surface area contributed by atoms with Crippen LogP contribution in [0.4, 0.5) is 0 Å². The predicted octanol–water partition coefficient (Wildman–Crippen LogP) is 4.47. The van der Waals surface area contributed by atoms with Crippen molar-refractivity contribution in [3.8, 4) is 11.3 Å². The maximum Gasteiger partial charge on any atom is 0.194 e. The molecule has 0 bridgehead atoms. The van der Waals surface area contributed by atoms with E-state index in [2.05, 4.69) is 4.98 Å². The van der Waals surface area contributed by atoms with Crippen LogP contribution in [0.25, 0.3) is 11.3 Å². The average molecular weight is 270 g/mol. The lowest BCUT2D eigenvalue weighted by atomic mass is 10.1. The van der Waals surface area contributed by atoms with Gasteiger partial charge in [0.2, 0.25) is 0 Å². The van der Waals surface area contributed by atoms with Gasteiger partial charge in [0.05, 0.1) is 6.20 Å². The molecule has 2 nitrogen and oxygen atoms in total. The van der Waals surface area contributed by atoms with Crippen molar-refractivity contribution < 1.29 is 4.42 Å². The number of benzene rings is 1. The van der Waals surface area contributed by atoms with Crippen LogP contribution >= 0.6 is 23.2 Å². The van der Waals surface area contributed by atoms with Crippen LogP contribution in [-0.4, -0.2) is 10.9 Å².